The second-order valence-corrected chi connectivity index (χ2v) is 4.17. The van der Waals surface area contributed by atoms with Gasteiger partial charge in [0.15, 0.2) is 0 Å². The zero-order chi connectivity index (χ0) is 13.1. The molecule has 3 nitrogen and oxygen atoms in total. The van der Waals surface area contributed by atoms with Crippen molar-refractivity contribution in [3.05, 3.63) is 72.4 Å². The van der Waals surface area contributed by atoms with E-state index in [9.17, 15) is 0 Å². The van der Waals surface area contributed by atoms with Crippen LogP contribution in [-0.2, 0) is 0 Å². The third kappa shape index (κ3) is 2.24. The molecule has 0 radical (unpaired) electrons. The molecule has 1 heterocycles. The van der Waals surface area contributed by atoms with Crippen molar-refractivity contribution in [1.82, 2.24) is 9.78 Å². The Morgan fingerprint density at radius 1 is 0.895 bits per heavy atom. The topological polar surface area (TPSA) is 41.6 Å². The molecule has 3 heteroatoms. The Balaban J connectivity index is 1.95. The fourth-order valence-corrected chi connectivity index (χ4v) is 1.92. The quantitative estimate of drug-likeness (QED) is 0.694. The number of hydrogen-bond acceptors (Lipinski definition) is 2. The molecule has 0 saturated heterocycles. The largest absolute Gasteiger partial charge is 0.240 e. The minimum atomic E-state index is 0.659. The summed E-state index contributed by atoms with van der Waals surface area (Å²) in [6.45, 7) is 0. The van der Waals surface area contributed by atoms with E-state index >= 15 is 0 Å². The lowest BCUT2D eigenvalue weighted by Crippen LogP contribution is -1.94. The Hall–Kier alpha value is -2.86. The number of hydrogen-bond donors (Lipinski definition) is 0. The van der Waals surface area contributed by atoms with Crippen molar-refractivity contribution >= 4 is 0 Å². The van der Waals surface area contributed by atoms with Crippen LogP contribution in [0.1, 0.15) is 5.56 Å². The van der Waals surface area contributed by atoms with Crippen molar-refractivity contribution in [2.75, 3.05) is 0 Å². The van der Waals surface area contributed by atoms with Gasteiger partial charge in [0.25, 0.3) is 0 Å². The summed E-state index contributed by atoms with van der Waals surface area (Å²) in [6, 6.07) is 21.5. The van der Waals surface area contributed by atoms with Gasteiger partial charge in [-0.15, -0.1) is 0 Å². The van der Waals surface area contributed by atoms with Gasteiger partial charge in [0, 0.05) is 11.8 Å². The average molecular weight is 245 g/mol. The van der Waals surface area contributed by atoms with Gasteiger partial charge in [-0.1, -0.05) is 30.3 Å². The van der Waals surface area contributed by atoms with Crippen LogP contribution < -0.4 is 0 Å². The Morgan fingerprint density at radius 2 is 1.63 bits per heavy atom. The summed E-state index contributed by atoms with van der Waals surface area (Å²) in [5.41, 5.74) is 3.59. The average Bonchev–Trinajstić information content (AvgIpc) is 2.98. The number of nitrogens with zero attached hydrogens (tertiary/aromatic N) is 3. The predicted molar refractivity (Wildman–Crippen MR) is 73.7 cm³/mol. The maximum Gasteiger partial charge on any atom is 0.0991 e. The molecular formula is C16H11N3. The van der Waals surface area contributed by atoms with Crippen molar-refractivity contribution in [3.8, 4) is 23.0 Å². The summed E-state index contributed by atoms with van der Waals surface area (Å²) in [7, 11) is 0. The van der Waals surface area contributed by atoms with Crippen LogP contribution in [0.5, 0.6) is 0 Å². The van der Waals surface area contributed by atoms with Gasteiger partial charge >= 0.3 is 0 Å². The second kappa shape index (κ2) is 4.79. The summed E-state index contributed by atoms with van der Waals surface area (Å²) >= 11 is 0. The van der Waals surface area contributed by atoms with Gasteiger partial charge in [-0.3, -0.25) is 0 Å². The molecule has 90 valence electrons. The standard InChI is InChI=1S/C16H11N3/c17-12-13-6-8-14(9-7-13)16-10-11-19(18-16)15-4-2-1-3-5-15/h1-11H. The van der Waals surface area contributed by atoms with Crippen LogP contribution in [0, 0.1) is 11.3 Å². The SMILES string of the molecule is N#Cc1ccc(-c2ccn(-c3ccccc3)n2)cc1. The predicted octanol–water partition coefficient (Wildman–Crippen LogP) is 3.41. The molecule has 0 aliphatic carbocycles. The van der Waals surface area contributed by atoms with Crippen molar-refractivity contribution in [3.63, 3.8) is 0 Å². The third-order valence-corrected chi connectivity index (χ3v) is 2.92. The highest BCUT2D eigenvalue weighted by Crippen LogP contribution is 2.18. The molecule has 0 fully saturated rings. The summed E-state index contributed by atoms with van der Waals surface area (Å²) in [4.78, 5) is 0. The van der Waals surface area contributed by atoms with Gasteiger partial charge in [0.1, 0.15) is 0 Å². The highest BCUT2D eigenvalue weighted by atomic mass is 15.3. The molecule has 0 amide bonds. The van der Waals surface area contributed by atoms with Crippen molar-refractivity contribution in [2.45, 2.75) is 0 Å². The van der Waals surface area contributed by atoms with Crippen LogP contribution in [0.3, 0.4) is 0 Å². The van der Waals surface area contributed by atoms with Gasteiger partial charge in [-0.25, -0.2) is 4.68 Å². The number of nitriles is 1. The van der Waals surface area contributed by atoms with Crippen LogP contribution >= 0.6 is 0 Å². The fraction of sp³-hybridized carbons (Fsp3) is 0. The molecule has 0 aliphatic rings. The van der Waals surface area contributed by atoms with E-state index in [-0.39, 0.29) is 0 Å². The van der Waals surface area contributed by atoms with Gasteiger partial charge in [-0.2, -0.15) is 10.4 Å². The highest BCUT2D eigenvalue weighted by Gasteiger charge is 2.03. The Kier molecular flexibility index (Phi) is 2.83. The third-order valence-electron chi connectivity index (χ3n) is 2.92. The monoisotopic (exact) mass is 245 g/mol. The summed E-state index contributed by atoms with van der Waals surface area (Å²) in [6.07, 6.45) is 1.93. The zero-order valence-corrected chi connectivity index (χ0v) is 10.2. The molecule has 0 bridgehead atoms. The molecule has 19 heavy (non-hydrogen) atoms. The Bertz CT molecular complexity index is 719. The van der Waals surface area contributed by atoms with E-state index in [4.69, 9.17) is 5.26 Å². The minimum Gasteiger partial charge on any atom is -0.240 e. The van der Waals surface area contributed by atoms with Crippen LogP contribution in [-0.4, -0.2) is 9.78 Å². The minimum absolute atomic E-state index is 0.659. The first-order valence-corrected chi connectivity index (χ1v) is 5.98. The molecular weight excluding hydrogens is 234 g/mol. The van der Waals surface area contributed by atoms with Gasteiger partial charge < -0.3 is 0 Å². The lowest BCUT2D eigenvalue weighted by Gasteiger charge is -2.00. The maximum atomic E-state index is 8.78. The molecule has 1 aromatic heterocycles. The number of rotatable bonds is 2. The first kappa shape index (κ1) is 11.2. The smallest absolute Gasteiger partial charge is 0.0991 e. The van der Waals surface area contributed by atoms with E-state index in [2.05, 4.69) is 11.2 Å². The Labute approximate surface area is 111 Å². The summed E-state index contributed by atoms with van der Waals surface area (Å²) in [5.74, 6) is 0. The number of para-hydroxylation sites is 1. The molecule has 3 rings (SSSR count). The van der Waals surface area contributed by atoms with E-state index in [0.717, 1.165) is 16.9 Å². The molecule has 0 unspecified atom stereocenters. The van der Waals surface area contributed by atoms with Crippen LogP contribution in [0.2, 0.25) is 0 Å². The fourth-order valence-electron chi connectivity index (χ4n) is 1.92. The Morgan fingerprint density at radius 3 is 2.32 bits per heavy atom. The van der Waals surface area contributed by atoms with Crippen molar-refractivity contribution < 1.29 is 0 Å². The van der Waals surface area contributed by atoms with Gasteiger partial charge in [0.05, 0.1) is 23.0 Å². The van der Waals surface area contributed by atoms with Gasteiger partial charge in [0.2, 0.25) is 0 Å². The lowest BCUT2D eigenvalue weighted by molar-refractivity contribution is 0.884. The zero-order valence-electron chi connectivity index (χ0n) is 10.2. The van der Waals surface area contributed by atoms with Crippen molar-refractivity contribution in [2.24, 2.45) is 0 Å². The molecule has 0 spiro atoms. The second-order valence-electron chi connectivity index (χ2n) is 4.17. The molecule has 2 aromatic carbocycles. The number of benzene rings is 2. The molecule has 3 aromatic rings. The van der Waals surface area contributed by atoms with E-state index in [1.807, 2.05) is 59.4 Å². The van der Waals surface area contributed by atoms with E-state index in [0.29, 0.717) is 5.56 Å². The van der Waals surface area contributed by atoms with Crippen LogP contribution in [0.15, 0.2) is 66.9 Å². The van der Waals surface area contributed by atoms with Crippen molar-refractivity contribution in [1.29, 1.82) is 5.26 Å². The van der Waals surface area contributed by atoms with E-state index < -0.39 is 0 Å². The molecule has 0 atom stereocenters. The van der Waals surface area contributed by atoms with E-state index in [1.54, 1.807) is 12.1 Å². The first-order chi connectivity index (χ1) is 9.36. The molecule has 0 aliphatic heterocycles. The first-order valence-electron chi connectivity index (χ1n) is 5.98. The highest BCUT2D eigenvalue weighted by molar-refractivity contribution is 5.60. The molecule has 0 saturated carbocycles. The van der Waals surface area contributed by atoms with E-state index in [1.165, 1.54) is 0 Å². The van der Waals surface area contributed by atoms with Crippen LogP contribution in [0.4, 0.5) is 0 Å². The maximum absolute atomic E-state index is 8.78. The summed E-state index contributed by atoms with van der Waals surface area (Å²) < 4.78 is 1.84. The van der Waals surface area contributed by atoms with Gasteiger partial charge in [-0.05, 0) is 30.3 Å². The summed E-state index contributed by atoms with van der Waals surface area (Å²) in [5, 5.41) is 13.3. The normalized spacial score (nSPS) is 10.1. The number of aromatic nitrogens is 2. The molecule has 0 N–H and O–H groups in total. The lowest BCUT2D eigenvalue weighted by atomic mass is 10.1. The van der Waals surface area contributed by atoms with Crippen LogP contribution in [0.25, 0.3) is 16.9 Å².